The predicted octanol–water partition coefficient (Wildman–Crippen LogP) is 8.72. The third-order valence-electron chi connectivity index (χ3n) is 7.39. The summed E-state index contributed by atoms with van der Waals surface area (Å²) in [6.07, 6.45) is 5.42. The van der Waals surface area contributed by atoms with Crippen LogP contribution in [-0.2, 0) is 0 Å². The van der Waals surface area contributed by atoms with Gasteiger partial charge in [-0.1, -0.05) is 48.5 Å². The number of rotatable bonds is 4. The van der Waals surface area contributed by atoms with Gasteiger partial charge in [0.25, 0.3) is 0 Å². The molecule has 4 aromatic carbocycles. The molecule has 0 atom stereocenters. The number of oxazole rings is 1. The van der Waals surface area contributed by atoms with E-state index < -0.39 is 0 Å². The second kappa shape index (κ2) is 9.03. The molecule has 188 valence electrons. The van der Waals surface area contributed by atoms with Crippen LogP contribution in [0.4, 0.5) is 0 Å². The maximum atomic E-state index is 6.32. The van der Waals surface area contributed by atoms with Gasteiger partial charge >= 0.3 is 0 Å². The lowest BCUT2D eigenvalue weighted by Gasteiger charge is -2.10. The highest BCUT2D eigenvalue weighted by Crippen LogP contribution is 2.36. The molecule has 0 saturated carbocycles. The van der Waals surface area contributed by atoms with Crippen LogP contribution in [0.5, 0.6) is 0 Å². The van der Waals surface area contributed by atoms with Gasteiger partial charge in [0, 0.05) is 46.2 Å². The van der Waals surface area contributed by atoms with Gasteiger partial charge in [0.2, 0.25) is 5.89 Å². The van der Waals surface area contributed by atoms with Crippen molar-refractivity contribution in [3.05, 3.63) is 134 Å². The first-order chi connectivity index (χ1) is 19.8. The molecule has 40 heavy (non-hydrogen) atoms. The fraction of sp³-hybridized carbons (Fsp3) is 0. The Labute approximate surface area is 230 Å². The average molecular weight is 515 g/mol. The normalized spacial score (nSPS) is 11.5. The van der Waals surface area contributed by atoms with Crippen molar-refractivity contribution >= 4 is 32.9 Å². The third kappa shape index (κ3) is 3.68. The molecule has 5 heteroatoms. The van der Waals surface area contributed by atoms with Crippen LogP contribution < -0.4 is 0 Å². The Hall–Kier alpha value is -5.55. The number of pyridine rings is 2. The minimum absolute atomic E-state index is 0.600. The Balaban J connectivity index is 1.29. The van der Waals surface area contributed by atoms with Crippen LogP contribution in [0.15, 0.2) is 138 Å². The number of para-hydroxylation sites is 1. The molecular weight excluding hydrogens is 492 g/mol. The van der Waals surface area contributed by atoms with Gasteiger partial charge < -0.3 is 8.98 Å². The van der Waals surface area contributed by atoms with Crippen molar-refractivity contribution in [3.63, 3.8) is 0 Å². The number of aromatic nitrogens is 4. The number of hydrogen-bond donors (Lipinski definition) is 0. The highest BCUT2D eigenvalue weighted by atomic mass is 16.3. The smallest absolute Gasteiger partial charge is 0.227 e. The Morgan fingerprint density at radius 3 is 2.30 bits per heavy atom. The Morgan fingerprint density at radius 2 is 1.40 bits per heavy atom. The molecule has 0 bridgehead atoms. The van der Waals surface area contributed by atoms with E-state index in [4.69, 9.17) is 9.40 Å². The standard InChI is InChI=1S/C35H22N4O/c1-2-10-32-28(8-1)29-13-11-26(35-38-31-14-12-24(22-34(31)40-35)23-15-18-36-19-16-23)21-33(29)39(32)27-7-5-6-25(20-27)30-9-3-4-17-37-30/h1-22H. The Bertz CT molecular complexity index is 2160. The molecule has 8 rings (SSSR count). The number of hydrogen-bond acceptors (Lipinski definition) is 4. The second-order valence-corrected chi connectivity index (χ2v) is 9.79. The van der Waals surface area contributed by atoms with Crippen LogP contribution in [-0.4, -0.2) is 19.5 Å². The van der Waals surface area contributed by atoms with Crippen molar-refractivity contribution < 1.29 is 4.42 Å². The summed E-state index contributed by atoms with van der Waals surface area (Å²) in [6.45, 7) is 0. The van der Waals surface area contributed by atoms with Gasteiger partial charge in [-0.15, -0.1) is 0 Å². The predicted molar refractivity (Wildman–Crippen MR) is 160 cm³/mol. The van der Waals surface area contributed by atoms with Crippen molar-refractivity contribution in [3.8, 4) is 39.5 Å². The summed E-state index contributed by atoms with van der Waals surface area (Å²) in [6, 6.07) is 39.6. The van der Waals surface area contributed by atoms with E-state index in [-0.39, 0.29) is 0 Å². The summed E-state index contributed by atoms with van der Waals surface area (Å²) >= 11 is 0. The summed E-state index contributed by atoms with van der Waals surface area (Å²) in [5.41, 5.74) is 10.0. The van der Waals surface area contributed by atoms with E-state index in [9.17, 15) is 0 Å². The molecule has 0 unspecified atom stereocenters. The maximum Gasteiger partial charge on any atom is 0.227 e. The van der Waals surface area contributed by atoms with Crippen LogP contribution in [0.1, 0.15) is 0 Å². The summed E-state index contributed by atoms with van der Waals surface area (Å²) in [5, 5.41) is 2.38. The number of nitrogens with zero attached hydrogens (tertiary/aromatic N) is 4. The zero-order chi connectivity index (χ0) is 26.5. The van der Waals surface area contributed by atoms with E-state index in [2.05, 4.69) is 87.3 Å². The van der Waals surface area contributed by atoms with Gasteiger partial charge in [-0.3, -0.25) is 9.97 Å². The van der Waals surface area contributed by atoms with E-state index in [1.54, 1.807) is 12.4 Å². The molecule has 4 heterocycles. The van der Waals surface area contributed by atoms with Gasteiger partial charge in [-0.2, -0.15) is 0 Å². The van der Waals surface area contributed by atoms with E-state index in [1.807, 2.05) is 48.7 Å². The van der Waals surface area contributed by atoms with Crippen LogP contribution in [0.25, 0.3) is 72.4 Å². The minimum atomic E-state index is 0.600. The monoisotopic (exact) mass is 514 g/mol. The van der Waals surface area contributed by atoms with Crippen molar-refractivity contribution in [2.75, 3.05) is 0 Å². The molecule has 0 radical (unpaired) electrons. The Morgan fingerprint density at radius 1 is 0.550 bits per heavy atom. The van der Waals surface area contributed by atoms with Gasteiger partial charge in [0.1, 0.15) is 5.52 Å². The van der Waals surface area contributed by atoms with Crippen molar-refractivity contribution in [2.24, 2.45) is 0 Å². The first kappa shape index (κ1) is 22.4. The van der Waals surface area contributed by atoms with Gasteiger partial charge in [-0.25, -0.2) is 4.98 Å². The van der Waals surface area contributed by atoms with Crippen molar-refractivity contribution in [1.29, 1.82) is 0 Å². The van der Waals surface area contributed by atoms with Gasteiger partial charge in [0.05, 0.1) is 16.7 Å². The summed E-state index contributed by atoms with van der Waals surface area (Å²) in [5.74, 6) is 0.600. The first-order valence-electron chi connectivity index (χ1n) is 13.2. The average Bonchev–Trinajstić information content (AvgIpc) is 3.60. The first-order valence-corrected chi connectivity index (χ1v) is 13.2. The molecule has 0 spiro atoms. The third-order valence-corrected chi connectivity index (χ3v) is 7.39. The molecule has 8 aromatic rings. The summed E-state index contributed by atoms with van der Waals surface area (Å²) in [4.78, 5) is 13.5. The molecule has 0 aliphatic heterocycles. The highest BCUT2D eigenvalue weighted by molar-refractivity contribution is 6.10. The van der Waals surface area contributed by atoms with Crippen molar-refractivity contribution in [2.45, 2.75) is 0 Å². The molecule has 0 amide bonds. The molecule has 0 fully saturated rings. The fourth-order valence-electron chi connectivity index (χ4n) is 5.49. The lowest BCUT2D eigenvalue weighted by atomic mass is 10.1. The zero-order valence-corrected chi connectivity index (χ0v) is 21.4. The largest absolute Gasteiger partial charge is 0.436 e. The quantitative estimate of drug-likeness (QED) is 0.236. The lowest BCUT2D eigenvalue weighted by Crippen LogP contribution is -1.95. The summed E-state index contributed by atoms with van der Waals surface area (Å²) in [7, 11) is 0. The lowest BCUT2D eigenvalue weighted by molar-refractivity contribution is 0.620. The molecule has 0 aliphatic rings. The molecular formula is C35H22N4O. The van der Waals surface area contributed by atoms with Crippen LogP contribution >= 0.6 is 0 Å². The fourth-order valence-corrected chi connectivity index (χ4v) is 5.49. The number of fused-ring (bicyclic) bond motifs is 4. The molecule has 5 nitrogen and oxygen atoms in total. The maximum absolute atomic E-state index is 6.32. The van der Waals surface area contributed by atoms with Crippen LogP contribution in [0.3, 0.4) is 0 Å². The molecule has 0 saturated heterocycles. The van der Waals surface area contributed by atoms with E-state index in [1.165, 1.54) is 10.8 Å². The van der Waals surface area contributed by atoms with E-state index >= 15 is 0 Å². The zero-order valence-electron chi connectivity index (χ0n) is 21.4. The van der Waals surface area contributed by atoms with Gasteiger partial charge in [0.15, 0.2) is 5.58 Å². The molecule has 0 aliphatic carbocycles. The minimum Gasteiger partial charge on any atom is -0.436 e. The van der Waals surface area contributed by atoms with E-state index in [0.717, 1.165) is 55.8 Å². The SMILES string of the molecule is c1ccc(-c2cccc(-n3c4ccccc4c4ccc(-c5nc6ccc(-c7ccncc7)cc6o5)cc43)c2)nc1. The Kier molecular flexibility index (Phi) is 5.07. The topological polar surface area (TPSA) is 56.7 Å². The van der Waals surface area contributed by atoms with Crippen molar-refractivity contribution in [1.82, 2.24) is 19.5 Å². The van der Waals surface area contributed by atoms with E-state index in [0.29, 0.717) is 5.89 Å². The van der Waals surface area contributed by atoms with Gasteiger partial charge in [-0.05, 0) is 77.9 Å². The van der Waals surface area contributed by atoms with Crippen LogP contribution in [0.2, 0.25) is 0 Å². The molecule has 0 N–H and O–H groups in total. The van der Waals surface area contributed by atoms with Crippen LogP contribution in [0, 0.1) is 0 Å². The summed E-state index contributed by atoms with van der Waals surface area (Å²) < 4.78 is 8.63. The second-order valence-electron chi connectivity index (χ2n) is 9.79. The molecule has 4 aromatic heterocycles. The highest BCUT2D eigenvalue weighted by Gasteiger charge is 2.16. The number of benzene rings is 4.